The number of carbonyl (C=O) groups excluding carboxylic acids is 1. The summed E-state index contributed by atoms with van der Waals surface area (Å²) in [7, 11) is 0. The summed E-state index contributed by atoms with van der Waals surface area (Å²) in [5.41, 5.74) is 4.11. The van der Waals surface area contributed by atoms with Crippen molar-refractivity contribution in [1.29, 1.82) is 0 Å². The van der Waals surface area contributed by atoms with Crippen LogP contribution in [0.15, 0.2) is 48.5 Å². The van der Waals surface area contributed by atoms with E-state index in [1.54, 1.807) is 0 Å². The summed E-state index contributed by atoms with van der Waals surface area (Å²) in [6.07, 6.45) is 6.75. The van der Waals surface area contributed by atoms with Crippen molar-refractivity contribution < 1.29 is 14.3 Å². The molecular weight excluding hydrogens is 398 g/mol. The number of hydrogen-bond donors (Lipinski definition) is 0. The molecule has 4 heteroatoms. The van der Waals surface area contributed by atoms with Gasteiger partial charge >= 0.3 is 6.09 Å². The molecule has 32 heavy (non-hydrogen) atoms. The van der Waals surface area contributed by atoms with E-state index in [2.05, 4.69) is 32.0 Å². The lowest BCUT2D eigenvalue weighted by Gasteiger charge is -2.58. The van der Waals surface area contributed by atoms with Gasteiger partial charge < -0.3 is 14.4 Å². The zero-order valence-electron chi connectivity index (χ0n) is 19.4. The zero-order chi connectivity index (χ0) is 22.1. The average molecular weight is 434 g/mol. The second-order valence-corrected chi connectivity index (χ2v) is 10.3. The molecule has 0 spiro atoms. The SMILES string of the molecule is CC(C)COc1ccc2c(c1)[C@@]13CCCC[C@H]1[C@@H](C2)N(C(=O)OCc1ccccc1)CC3. The van der Waals surface area contributed by atoms with Gasteiger partial charge in [-0.25, -0.2) is 4.79 Å². The van der Waals surface area contributed by atoms with Crippen molar-refractivity contribution in [2.45, 2.75) is 70.4 Å². The van der Waals surface area contributed by atoms with Gasteiger partial charge in [-0.1, -0.05) is 63.1 Å². The molecule has 4 nitrogen and oxygen atoms in total. The van der Waals surface area contributed by atoms with Crippen molar-refractivity contribution in [2.75, 3.05) is 13.2 Å². The van der Waals surface area contributed by atoms with Crippen molar-refractivity contribution in [3.63, 3.8) is 0 Å². The molecule has 3 atom stereocenters. The summed E-state index contributed by atoms with van der Waals surface area (Å²) in [6.45, 7) is 6.24. The normalized spacial score (nSPS) is 26.3. The van der Waals surface area contributed by atoms with Crippen LogP contribution >= 0.6 is 0 Å². The minimum atomic E-state index is -0.154. The number of amides is 1. The number of rotatable bonds is 5. The predicted molar refractivity (Wildman–Crippen MR) is 126 cm³/mol. The van der Waals surface area contributed by atoms with E-state index in [1.807, 2.05) is 35.2 Å². The second kappa shape index (κ2) is 8.80. The van der Waals surface area contributed by atoms with E-state index < -0.39 is 0 Å². The molecule has 170 valence electrons. The first-order valence-electron chi connectivity index (χ1n) is 12.3. The maximum absolute atomic E-state index is 13.1. The molecule has 1 heterocycles. The first-order valence-corrected chi connectivity index (χ1v) is 12.3. The van der Waals surface area contributed by atoms with Crippen LogP contribution in [0.25, 0.3) is 0 Å². The molecule has 1 saturated heterocycles. The molecule has 1 amide bonds. The Morgan fingerprint density at radius 1 is 1.12 bits per heavy atom. The van der Waals surface area contributed by atoms with Gasteiger partial charge in [-0.05, 0) is 66.3 Å². The Morgan fingerprint density at radius 2 is 1.97 bits per heavy atom. The molecule has 2 bridgehead atoms. The van der Waals surface area contributed by atoms with Gasteiger partial charge in [0.1, 0.15) is 12.4 Å². The predicted octanol–water partition coefficient (Wildman–Crippen LogP) is 6.12. The first kappa shape index (κ1) is 21.4. The minimum Gasteiger partial charge on any atom is -0.493 e. The maximum Gasteiger partial charge on any atom is 0.410 e. The van der Waals surface area contributed by atoms with Gasteiger partial charge in [0.15, 0.2) is 0 Å². The summed E-state index contributed by atoms with van der Waals surface area (Å²) < 4.78 is 11.9. The Hall–Kier alpha value is -2.49. The van der Waals surface area contributed by atoms with Crippen LogP contribution < -0.4 is 4.74 Å². The molecule has 0 radical (unpaired) electrons. The Bertz CT molecular complexity index is 956. The minimum absolute atomic E-state index is 0.154. The van der Waals surface area contributed by atoms with Gasteiger partial charge in [0.05, 0.1) is 6.61 Å². The van der Waals surface area contributed by atoms with E-state index >= 15 is 0 Å². The Balaban J connectivity index is 1.39. The van der Waals surface area contributed by atoms with E-state index in [0.29, 0.717) is 18.4 Å². The molecule has 1 saturated carbocycles. The second-order valence-electron chi connectivity index (χ2n) is 10.3. The molecule has 0 unspecified atom stereocenters. The maximum atomic E-state index is 13.1. The van der Waals surface area contributed by atoms with Crippen molar-refractivity contribution in [3.05, 3.63) is 65.2 Å². The number of ether oxygens (including phenoxy) is 2. The van der Waals surface area contributed by atoms with Crippen molar-refractivity contribution in [1.82, 2.24) is 4.90 Å². The topological polar surface area (TPSA) is 38.8 Å². The highest BCUT2D eigenvalue weighted by Crippen LogP contribution is 2.56. The molecule has 3 aliphatic rings. The third-order valence-corrected chi connectivity index (χ3v) is 7.83. The molecule has 0 N–H and O–H groups in total. The molecule has 2 aliphatic carbocycles. The summed E-state index contributed by atoms with van der Waals surface area (Å²) in [5, 5.41) is 0. The van der Waals surface area contributed by atoms with Gasteiger partial charge in [-0.3, -0.25) is 0 Å². The molecule has 0 aromatic heterocycles. The van der Waals surface area contributed by atoms with E-state index in [-0.39, 0.29) is 17.6 Å². The average Bonchev–Trinajstić information content (AvgIpc) is 2.82. The van der Waals surface area contributed by atoms with E-state index in [4.69, 9.17) is 9.47 Å². The number of fused-ring (bicyclic) bond motifs is 1. The Kier molecular flexibility index (Phi) is 5.88. The van der Waals surface area contributed by atoms with Crippen LogP contribution in [0.5, 0.6) is 5.75 Å². The quantitative estimate of drug-likeness (QED) is 0.570. The molecular formula is C28H35NO3. The lowest BCUT2D eigenvalue weighted by Crippen LogP contribution is -2.62. The smallest absolute Gasteiger partial charge is 0.410 e. The highest BCUT2D eigenvalue weighted by Gasteiger charge is 2.55. The summed E-state index contributed by atoms with van der Waals surface area (Å²) in [4.78, 5) is 15.2. The molecule has 2 fully saturated rings. The monoisotopic (exact) mass is 433 g/mol. The van der Waals surface area contributed by atoms with Gasteiger partial charge in [-0.15, -0.1) is 0 Å². The number of carbonyl (C=O) groups is 1. The fourth-order valence-electron chi connectivity index (χ4n) is 6.37. The highest BCUT2D eigenvalue weighted by molar-refractivity contribution is 5.69. The van der Waals surface area contributed by atoms with Crippen LogP contribution in [-0.2, 0) is 23.2 Å². The van der Waals surface area contributed by atoms with E-state index in [9.17, 15) is 4.79 Å². The fourth-order valence-corrected chi connectivity index (χ4v) is 6.37. The third-order valence-electron chi connectivity index (χ3n) is 7.83. The Morgan fingerprint density at radius 3 is 2.78 bits per heavy atom. The van der Waals surface area contributed by atoms with Crippen molar-refractivity contribution >= 4 is 6.09 Å². The van der Waals surface area contributed by atoms with Crippen molar-refractivity contribution in [3.8, 4) is 5.75 Å². The summed E-state index contributed by atoms with van der Waals surface area (Å²) in [6, 6.07) is 16.9. The highest BCUT2D eigenvalue weighted by atomic mass is 16.6. The lowest BCUT2D eigenvalue weighted by atomic mass is 9.52. The zero-order valence-corrected chi connectivity index (χ0v) is 19.4. The van der Waals surface area contributed by atoms with E-state index in [0.717, 1.165) is 37.3 Å². The largest absolute Gasteiger partial charge is 0.493 e. The lowest BCUT2D eigenvalue weighted by molar-refractivity contribution is -0.0137. The van der Waals surface area contributed by atoms with Crippen LogP contribution in [0.1, 0.15) is 62.6 Å². The molecule has 1 aliphatic heterocycles. The van der Waals surface area contributed by atoms with Gasteiger partial charge in [0.25, 0.3) is 0 Å². The molecule has 2 aromatic rings. The van der Waals surface area contributed by atoms with Gasteiger partial charge in [0, 0.05) is 18.0 Å². The van der Waals surface area contributed by atoms with E-state index in [1.165, 1.54) is 36.8 Å². The molecule has 5 rings (SSSR count). The fraction of sp³-hybridized carbons (Fsp3) is 0.536. The van der Waals surface area contributed by atoms with Crippen molar-refractivity contribution in [2.24, 2.45) is 11.8 Å². The number of likely N-dealkylation sites (tertiary alicyclic amines) is 1. The standard InChI is InChI=1S/C28H35NO3/c1-20(2)18-31-23-12-11-22-16-26-24-10-6-7-13-28(24,25(22)17-23)14-15-29(26)27(30)32-19-21-8-4-3-5-9-21/h3-5,8-9,11-12,17,20,24,26H,6-7,10,13-16,18-19H2,1-2H3/t24-,26+,28+/m0/s1. The van der Waals surface area contributed by atoms with Crippen LogP contribution in [0.4, 0.5) is 4.79 Å². The number of benzene rings is 2. The van der Waals surface area contributed by atoms with Gasteiger partial charge in [0.2, 0.25) is 0 Å². The third kappa shape index (κ3) is 3.89. The first-order chi connectivity index (χ1) is 15.6. The van der Waals surface area contributed by atoms with Crippen LogP contribution in [0, 0.1) is 11.8 Å². The van der Waals surface area contributed by atoms with Gasteiger partial charge in [-0.2, -0.15) is 0 Å². The number of nitrogens with zero attached hydrogens (tertiary/aromatic N) is 1. The Labute approximate surface area is 191 Å². The van der Waals surface area contributed by atoms with Crippen LogP contribution in [-0.4, -0.2) is 30.2 Å². The summed E-state index contributed by atoms with van der Waals surface area (Å²) in [5.74, 6) is 2.03. The van der Waals surface area contributed by atoms with Crippen LogP contribution in [0.3, 0.4) is 0 Å². The number of piperidine rings is 1. The number of hydrogen-bond acceptors (Lipinski definition) is 3. The summed E-state index contributed by atoms with van der Waals surface area (Å²) >= 11 is 0. The molecule has 2 aromatic carbocycles. The van der Waals surface area contributed by atoms with Crippen LogP contribution in [0.2, 0.25) is 0 Å².